The van der Waals surface area contributed by atoms with Crippen LogP contribution in [-0.4, -0.2) is 64.9 Å². The third-order valence-electron chi connectivity index (χ3n) is 6.09. The van der Waals surface area contributed by atoms with Gasteiger partial charge in [-0.1, -0.05) is 12.1 Å². The molecule has 178 valence electrons. The van der Waals surface area contributed by atoms with Crippen molar-refractivity contribution in [3.63, 3.8) is 0 Å². The second-order valence-corrected chi connectivity index (χ2v) is 8.46. The van der Waals surface area contributed by atoms with Gasteiger partial charge in [-0.3, -0.25) is 19.8 Å². The topological polar surface area (TPSA) is 103 Å². The Hall–Kier alpha value is -3.56. The minimum Gasteiger partial charge on any atom is -0.379 e. The number of hydrogen-bond donors (Lipinski definition) is 1. The van der Waals surface area contributed by atoms with Crippen LogP contribution in [0.4, 0.5) is 5.69 Å². The SMILES string of the molecule is Cc1ccc(-c2cc(C(=O)NCCCN3CCOCC3)n(-c3ccc([N+](=O)[O-])cc3)n2)cc1C. The highest BCUT2D eigenvalue weighted by Crippen LogP contribution is 2.25. The van der Waals surface area contributed by atoms with Gasteiger partial charge in [0.15, 0.2) is 0 Å². The van der Waals surface area contributed by atoms with Crippen molar-refractivity contribution >= 4 is 11.6 Å². The van der Waals surface area contributed by atoms with Crippen LogP contribution in [0.3, 0.4) is 0 Å². The number of morpholine rings is 1. The van der Waals surface area contributed by atoms with Crippen LogP contribution in [0.1, 0.15) is 28.0 Å². The van der Waals surface area contributed by atoms with Gasteiger partial charge in [-0.15, -0.1) is 0 Å². The van der Waals surface area contributed by atoms with E-state index in [-0.39, 0.29) is 11.6 Å². The van der Waals surface area contributed by atoms with E-state index in [4.69, 9.17) is 4.74 Å². The summed E-state index contributed by atoms with van der Waals surface area (Å²) < 4.78 is 6.92. The molecule has 0 unspecified atom stereocenters. The number of nitrogens with one attached hydrogen (secondary N) is 1. The molecule has 0 atom stereocenters. The summed E-state index contributed by atoms with van der Waals surface area (Å²) in [4.78, 5) is 26.0. The molecule has 1 saturated heterocycles. The van der Waals surface area contributed by atoms with Gasteiger partial charge < -0.3 is 10.1 Å². The number of amides is 1. The predicted molar refractivity (Wildman–Crippen MR) is 129 cm³/mol. The lowest BCUT2D eigenvalue weighted by Gasteiger charge is -2.26. The molecular formula is C25H29N5O4. The van der Waals surface area contributed by atoms with Gasteiger partial charge in [0.2, 0.25) is 0 Å². The van der Waals surface area contributed by atoms with Crippen molar-refractivity contribution in [1.29, 1.82) is 0 Å². The van der Waals surface area contributed by atoms with E-state index in [1.165, 1.54) is 17.7 Å². The number of rotatable bonds is 8. The quantitative estimate of drug-likeness (QED) is 0.312. The molecule has 9 heteroatoms. The molecule has 1 N–H and O–H groups in total. The number of carbonyl (C=O) groups is 1. The average molecular weight is 464 g/mol. The van der Waals surface area contributed by atoms with Crippen LogP contribution in [-0.2, 0) is 4.74 Å². The van der Waals surface area contributed by atoms with E-state index in [9.17, 15) is 14.9 Å². The summed E-state index contributed by atoms with van der Waals surface area (Å²) >= 11 is 0. The van der Waals surface area contributed by atoms with Crippen molar-refractivity contribution in [2.75, 3.05) is 39.4 Å². The Labute approximate surface area is 198 Å². The number of hydrogen-bond acceptors (Lipinski definition) is 6. The first-order valence-electron chi connectivity index (χ1n) is 11.4. The number of carbonyl (C=O) groups excluding carboxylic acids is 1. The minimum absolute atomic E-state index is 0.0144. The molecule has 3 aromatic rings. The van der Waals surface area contributed by atoms with Gasteiger partial charge in [-0.05, 0) is 62.2 Å². The standard InChI is InChI=1S/C25H29N5O4/c1-18-4-5-20(16-19(18)2)23-17-24(25(31)26-10-3-11-28-12-14-34-15-13-28)29(27-23)21-6-8-22(9-7-21)30(32)33/h4-9,16-17H,3,10-15H2,1-2H3,(H,26,31). The van der Waals surface area contributed by atoms with Crippen LogP contribution in [0.15, 0.2) is 48.5 Å². The van der Waals surface area contributed by atoms with E-state index >= 15 is 0 Å². The zero-order valence-corrected chi connectivity index (χ0v) is 19.5. The molecule has 0 spiro atoms. The zero-order valence-electron chi connectivity index (χ0n) is 19.5. The first-order chi connectivity index (χ1) is 16.4. The van der Waals surface area contributed by atoms with Gasteiger partial charge in [0, 0.05) is 37.3 Å². The van der Waals surface area contributed by atoms with Crippen molar-refractivity contribution < 1.29 is 14.5 Å². The van der Waals surface area contributed by atoms with Gasteiger partial charge in [0.25, 0.3) is 11.6 Å². The lowest BCUT2D eigenvalue weighted by atomic mass is 10.0. The van der Waals surface area contributed by atoms with Crippen LogP contribution in [0.2, 0.25) is 0 Å². The summed E-state index contributed by atoms with van der Waals surface area (Å²) in [6.07, 6.45) is 0.835. The van der Waals surface area contributed by atoms with Crippen LogP contribution in [0.5, 0.6) is 0 Å². The summed E-state index contributed by atoms with van der Waals surface area (Å²) in [5.41, 5.74) is 4.84. The Morgan fingerprint density at radius 3 is 2.50 bits per heavy atom. The van der Waals surface area contributed by atoms with Crippen molar-refractivity contribution in [2.24, 2.45) is 0 Å². The predicted octanol–water partition coefficient (Wildman–Crippen LogP) is 3.52. The lowest BCUT2D eigenvalue weighted by molar-refractivity contribution is -0.384. The summed E-state index contributed by atoms with van der Waals surface area (Å²) in [5, 5.41) is 18.7. The first-order valence-corrected chi connectivity index (χ1v) is 11.4. The summed E-state index contributed by atoms with van der Waals surface area (Å²) in [5.74, 6) is -0.233. The second-order valence-electron chi connectivity index (χ2n) is 8.46. The molecule has 1 aliphatic heterocycles. The number of nitro groups is 1. The average Bonchev–Trinajstić information content (AvgIpc) is 3.30. The van der Waals surface area contributed by atoms with Crippen molar-refractivity contribution in [3.05, 3.63) is 75.5 Å². The Morgan fingerprint density at radius 2 is 1.82 bits per heavy atom. The highest BCUT2D eigenvalue weighted by Gasteiger charge is 2.19. The Bertz CT molecular complexity index is 1170. The largest absolute Gasteiger partial charge is 0.379 e. The maximum atomic E-state index is 13.1. The van der Waals surface area contributed by atoms with Gasteiger partial charge in [-0.25, -0.2) is 4.68 Å². The maximum absolute atomic E-state index is 13.1. The molecule has 1 aromatic heterocycles. The molecule has 4 rings (SSSR count). The zero-order chi connectivity index (χ0) is 24.1. The molecule has 1 amide bonds. The van der Waals surface area contributed by atoms with Gasteiger partial charge >= 0.3 is 0 Å². The Kier molecular flexibility index (Phi) is 7.34. The Balaban J connectivity index is 1.55. The molecule has 1 aliphatic rings. The highest BCUT2D eigenvalue weighted by molar-refractivity contribution is 5.94. The molecule has 2 heterocycles. The molecule has 2 aromatic carbocycles. The number of ether oxygens (including phenoxy) is 1. The third-order valence-corrected chi connectivity index (χ3v) is 6.09. The number of aryl methyl sites for hydroxylation is 2. The van der Waals surface area contributed by atoms with Crippen LogP contribution in [0.25, 0.3) is 16.9 Å². The van der Waals surface area contributed by atoms with E-state index in [0.29, 0.717) is 23.6 Å². The van der Waals surface area contributed by atoms with Crippen molar-refractivity contribution in [1.82, 2.24) is 20.0 Å². The highest BCUT2D eigenvalue weighted by atomic mass is 16.6. The van der Waals surface area contributed by atoms with Gasteiger partial charge in [0.1, 0.15) is 5.69 Å². The third kappa shape index (κ3) is 5.49. The molecular weight excluding hydrogens is 434 g/mol. The first kappa shape index (κ1) is 23.6. The molecule has 0 bridgehead atoms. The number of nitrogens with zero attached hydrogens (tertiary/aromatic N) is 4. The van der Waals surface area contributed by atoms with E-state index in [2.05, 4.69) is 15.3 Å². The molecule has 0 radical (unpaired) electrons. The van der Waals surface area contributed by atoms with Crippen LogP contribution < -0.4 is 5.32 Å². The fraction of sp³-hybridized carbons (Fsp3) is 0.360. The van der Waals surface area contributed by atoms with Gasteiger partial charge in [0.05, 0.1) is 29.5 Å². The normalized spacial score (nSPS) is 14.2. The smallest absolute Gasteiger partial charge is 0.270 e. The van der Waals surface area contributed by atoms with E-state index in [1.54, 1.807) is 22.9 Å². The number of aromatic nitrogens is 2. The van der Waals surface area contributed by atoms with Crippen LogP contribution in [0, 0.1) is 24.0 Å². The summed E-state index contributed by atoms with van der Waals surface area (Å²) in [7, 11) is 0. The van der Waals surface area contributed by atoms with Crippen LogP contribution >= 0.6 is 0 Å². The van der Waals surface area contributed by atoms with E-state index in [1.807, 2.05) is 32.0 Å². The molecule has 9 nitrogen and oxygen atoms in total. The summed E-state index contributed by atoms with van der Waals surface area (Å²) in [6.45, 7) is 8.86. The fourth-order valence-corrected chi connectivity index (χ4v) is 3.92. The van der Waals surface area contributed by atoms with E-state index < -0.39 is 4.92 Å². The summed E-state index contributed by atoms with van der Waals surface area (Å²) in [6, 6.07) is 13.9. The molecule has 0 aliphatic carbocycles. The number of benzene rings is 2. The fourth-order valence-electron chi connectivity index (χ4n) is 3.92. The minimum atomic E-state index is -0.449. The Morgan fingerprint density at radius 1 is 1.09 bits per heavy atom. The van der Waals surface area contributed by atoms with E-state index in [0.717, 1.165) is 50.4 Å². The van der Waals surface area contributed by atoms with Gasteiger partial charge in [-0.2, -0.15) is 5.10 Å². The maximum Gasteiger partial charge on any atom is 0.270 e. The number of non-ortho nitro benzene ring substituents is 1. The molecule has 1 fully saturated rings. The molecule has 0 saturated carbocycles. The van der Waals surface area contributed by atoms with Crippen molar-refractivity contribution in [2.45, 2.75) is 20.3 Å². The second kappa shape index (κ2) is 10.6. The molecule has 34 heavy (non-hydrogen) atoms. The van der Waals surface area contributed by atoms with Crippen molar-refractivity contribution in [3.8, 4) is 16.9 Å². The monoisotopic (exact) mass is 463 g/mol. The number of nitro benzene ring substituents is 1. The lowest BCUT2D eigenvalue weighted by Crippen LogP contribution is -2.38.